The van der Waals surface area contributed by atoms with Gasteiger partial charge in [-0.15, -0.1) is 0 Å². The van der Waals surface area contributed by atoms with Crippen molar-refractivity contribution in [3.8, 4) is 11.1 Å². The Labute approximate surface area is 239 Å². The molecule has 0 spiro atoms. The van der Waals surface area contributed by atoms with E-state index >= 15 is 0 Å². The summed E-state index contributed by atoms with van der Waals surface area (Å²) < 4.78 is 0. The van der Waals surface area contributed by atoms with Gasteiger partial charge in [0.15, 0.2) is 0 Å². The van der Waals surface area contributed by atoms with Gasteiger partial charge in [-0.2, -0.15) is 0 Å². The Balaban J connectivity index is 1.40. The van der Waals surface area contributed by atoms with Gasteiger partial charge >= 0.3 is 5.97 Å². The number of carbonyl (C=O) groups is 2. The zero-order valence-corrected chi connectivity index (χ0v) is 22.5. The minimum atomic E-state index is -1.07. The quantitative estimate of drug-likeness (QED) is 0.215. The molecule has 200 valence electrons. The molecule has 4 heteroatoms. The number of benzene rings is 6. The van der Waals surface area contributed by atoms with Gasteiger partial charge in [0.2, 0.25) is 0 Å². The molecule has 6 aromatic rings. The van der Waals surface area contributed by atoms with Gasteiger partial charge in [0.25, 0.3) is 5.91 Å². The molecule has 0 aromatic heterocycles. The Morgan fingerprint density at radius 3 is 1.85 bits per heavy atom. The number of rotatable bonds is 8. The summed E-state index contributed by atoms with van der Waals surface area (Å²) in [4.78, 5) is 28.8. The molecule has 0 aliphatic heterocycles. The van der Waals surface area contributed by atoms with Crippen molar-refractivity contribution in [3.63, 3.8) is 0 Å². The molecule has 41 heavy (non-hydrogen) atoms. The highest BCUT2D eigenvalue weighted by atomic mass is 16.4. The lowest BCUT2D eigenvalue weighted by Crippen LogP contribution is -2.46. The standard InChI is InChI=1S/C37H29NO3/c39-36(34-19-9-15-30-13-5-7-18-33(30)34)38(25-31-16-8-14-29-12-4-6-17-32(29)31)35(37(40)41)24-26-20-22-28(23-21-26)27-10-2-1-3-11-27/h1-23,35H,24-25H2,(H,40,41)/t35-/m1/s1. The van der Waals surface area contributed by atoms with Crippen LogP contribution < -0.4 is 0 Å². The van der Waals surface area contributed by atoms with Gasteiger partial charge in [0.05, 0.1) is 0 Å². The van der Waals surface area contributed by atoms with E-state index in [0.29, 0.717) is 5.56 Å². The molecule has 1 amide bonds. The van der Waals surface area contributed by atoms with E-state index < -0.39 is 12.0 Å². The van der Waals surface area contributed by atoms with E-state index in [1.807, 2.05) is 133 Å². The van der Waals surface area contributed by atoms with Crippen molar-refractivity contribution in [2.45, 2.75) is 19.0 Å². The van der Waals surface area contributed by atoms with Crippen LogP contribution in [0.1, 0.15) is 21.5 Å². The number of carboxylic acid groups (broad SMARTS) is 1. The maximum Gasteiger partial charge on any atom is 0.326 e. The van der Waals surface area contributed by atoms with Crippen LogP contribution in [0, 0.1) is 0 Å². The number of carboxylic acids is 1. The number of nitrogens with zero attached hydrogens (tertiary/aromatic N) is 1. The first kappa shape index (κ1) is 26.0. The van der Waals surface area contributed by atoms with E-state index in [2.05, 4.69) is 0 Å². The van der Waals surface area contributed by atoms with Crippen molar-refractivity contribution < 1.29 is 14.7 Å². The third-order valence-electron chi connectivity index (χ3n) is 7.65. The minimum absolute atomic E-state index is 0.169. The highest BCUT2D eigenvalue weighted by Gasteiger charge is 2.32. The van der Waals surface area contributed by atoms with E-state index in [1.165, 1.54) is 4.90 Å². The van der Waals surface area contributed by atoms with Crippen LogP contribution in [0.3, 0.4) is 0 Å². The summed E-state index contributed by atoms with van der Waals surface area (Å²) in [5.41, 5.74) is 4.40. The Kier molecular flexibility index (Phi) is 7.29. The summed E-state index contributed by atoms with van der Waals surface area (Å²) in [6, 6.07) is 44.2. The van der Waals surface area contributed by atoms with Crippen LogP contribution >= 0.6 is 0 Å². The number of fused-ring (bicyclic) bond motifs is 2. The molecule has 1 atom stereocenters. The van der Waals surface area contributed by atoms with E-state index in [4.69, 9.17) is 0 Å². The third kappa shape index (κ3) is 5.45. The smallest absolute Gasteiger partial charge is 0.326 e. The predicted molar refractivity (Wildman–Crippen MR) is 165 cm³/mol. The number of aliphatic carboxylic acids is 1. The van der Waals surface area contributed by atoms with Gasteiger partial charge in [0.1, 0.15) is 6.04 Å². The van der Waals surface area contributed by atoms with Crippen LogP contribution in [0.15, 0.2) is 140 Å². The van der Waals surface area contributed by atoms with Gasteiger partial charge < -0.3 is 10.0 Å². The first-order chi connectivity index (χ1) is 20.1. The average Bonchev–Trinajstić information content (AvgIpc) is 3.03. The number of carbonyl (C=O) groups excluding carboxylic acids is 1. The Morgan fingerprint density at radius 1 is 0.585 bits per heavy atom. The maximum atomic E-state index is 14.3. The highest BCUT2D eigenvalue weighted by molar-refractivity contribution is 6.08. The molecule has 0 unspecified atom stereocenters. The molecule has 0 aliphatic carbocycles. The highest BCUT2D eigenvalue weighted by Crippen LogP contribution is 2.27. The van der Waals surface area contributed by atoms with Gasteiger partial charge in [-0.25, -0.2) is 4.79 Å². The lowest BCUT2D eigenvalue weighted by molar-refractivity contribution is -0.142. The molecule has 0 saturated carbocycles. The molecule has 0 aliphatic rings. The van der Waals surface area contributed by atoms with Crippen molar-refractivity contribution in [2.24, 2.45) is 0 Å². The predicted octanol–water partition coefficient (Wildman–Crippen LogP) is 8.00. The van der Waals surface area contributed by atoms with Crippen LogP contribution in [0.25, 0.3) is 32.7 Å². The Hall–Kier alpha value is -5.22. The van der Waals surface area contributed by atoms with Crippen molar-refractivity contribution in [2.75, 3.05) is 0 Å². The number of hydrogen-bond donors (Lipinski definition) is 1. The van der Waals surface area contributed by atoms with Crippen LogP contribution in [-0.2, 0) is 17.8 Å². The monoisotopic (exact) mass is 535 g/mol. The molecule has 6 aromatic carbocycles. The normalized spacial score (nSPS) is 11.8. The van der Waals surface area contributed by atoms with Crippen molar-refractivity contribution in [1.29, 1.82) is 0 Å². The van der Waals surface area contributed by atoms with Crippen LogP contribution in [0.4, 0.5) is 0 Å². The molecule has 0 radical (unpaired) electrons. The molecule has 4 nitrogen and oxygen atoms in total. The Morgan fingerprint density at radius 2 is 1.15 bits per heavy atom. The fraction of sp³-hybridized carbons (Fsp3) is 0.0811. The largest absolute Gasteiger partial charge is 0.480 e. The fourth-order valence-corrected chi connectivity index (χ4v) is 5.52. The second-order valence-corrected chi connectivity index (χ2v) is 10.2. The van der Waals surface area contributed by atoms with Crippen molar-refractivity contribution in [3.05, 3.63) is 156 Å². The average molecular weight is 536 g/mol. The van der Waals surface area contributed by atoms with Crippen LogP contribution in [-0.4, -0.2) is 27.9 Å². The molecule has 0 fully saturated rings. The number of hydrogen-bond acceptors (Lipinski definition) is 2. The molecular weight excluding hydrogens is 506 g/mol. The molecule has 0 heterocycles. The molecule has 0 bridgehead atoms. The van der Waals surface area contributed by atoms with Gasteiger partial charge in [-0.3, -0.25) is 4.79 Å². The molecule has 6 rings (SSSR count). The Bertz CT molecular complexity index is 1830. The fourth-order valence-electron chi connectivity index (χ4n) is 5.52. The molecular formula is C37H29NO3. The summed E-state index contributed by atoms with van der Waals surface area (Å²) >= 11 is 0. The van der Waals surface area contributed by atoms with E-state index in [-0.39, 0.29) is 18.9 Å². The summed E-state index contributed by atoms with van der Waals surface area (Å²) in [5.74, 6) is -1.34. The topological polar surface area (TPSA) is 57.6 Å². The van der Waals surface area contributed by atoms with Crippen molar-refractivity contribution in [1.82, 2.24) is 4.90 Å². The zero-order chi connectivity index (χ0) is 28.2. The summed E-state index contributed by atoms with van der Waals surface area (Å²) in [6.45, 7) is 0.169. The lowest BCUT2D eigenvalue weighted by atomic mass is 9.97. The minimum Gasteiger partial charge on any atom is -0.480 e. The summed E-state index contributed by atoms with van der Waals surface area (Å²) in [7, 11) is 0. The van der Waals surface area contributed by atoms with E-state index in [1.54, 1.807) is 6.07 Å². The molecule has 0 saturated heterocycles. The van der Waals surface area contributed by atoms with E-state index in [0.717, 1.165) is 43.8 Å². The van der Waals surface area contributed by atoms with Gasteiger partial charge in [-0.1, -0.05) is 133 Å². The SMILES string of the molecule is O=C(O)[C@@H](Cc1ccc(-c2ccccc2)cc1)N(Cc1cccc2ccccc12)C(=O)c1cccc2ccccc12. The first-order valence-electron chi connectivity index (χ1n) is 13.7. The van der Waals surface area contributed by atoms with Gasteiger partial charge in [-0.05, 0) is 49.9 Å². The number of amides is 1. The second-order valence-electron chi connectivity index (χ2n) is 10.2. The maximum absolute atomic E-state index is 14.3. The second kappa shape index (κ2) is 11.5. The summed E-state index contributed by atoms with van der Waals surface area (Å²) in [6.07, 6.45) is 0.186. The van der Waals surface area contributed by atoms with Crippen molar-refractivity contribution >= 4 is 33.4 Å². The van der Waals surface area contributed by atoms with E-state index in [9.17, 15) is 14.7 Å². The first-order valence-corrected chi connectivity index (χ1v) is 13.7. The van der Waals surface area contributed by atoms with Crippen LogP contribution in [0.2, 0.25) is 0 Å². The molecule has 1 N–H and O–H groups in total. The third-order valence-corrected chi connectivity index (χ3v) is 7.65. The summed E-state index contributed by atoms with van der Waals surface area (Å²) in [5, 5.41) is 14.3. The zero-order valence-electron chi connectivity index (χ0n) is 22.5. The van der Waals surface area contributed by atoms with Crippen LogP contribution in [0.5, 0.6) is 0 Å². The lowest BCUT2D eigenvalue weighted by Gasteiger charge is -2.30. The van der Waals surface area contributed by atoms with Gasteiger partial charge in [0, 0.05) is 18.5 Å².